The molecule has 0 aromatic heterocycles. The van der Waals surface area contributed by atoms with E-state index in [0.29, 0.717) is 23.6 Å². The van der Waals surface area contributed by atoms with E-state index >= 15 is 0 Å². The third-order valence-electron chi connectivity index (χ3n) is 3.74. The highest BCUT2D eigenvalue weighted by Gasteiger charge is 2.57. The van der Waals surface area contributed by atoms with E-state index in [2.05, 4.69) is 5.32 Å². The van der Waals surface area contributed by atoms with E-state index in [0.717, 1.165) is 11.3 Å². The summed E-state index contributed by atoms with van der Waals surface area (Å²) in [7, 11) is 0. The maximum absolute atomic E-state index is 12.5. The second-order valence-electron chi connectivity index (χ2n) is 4.82. The number of benzene rings is 1. The van der Waals surface area contributed by atoms with Gasteiger partial charge in [-0.2, -0.15) is 0 Å². The standard InChI is InChI=1S/C13H11ClN2O3/c14-8-3-1-4-9(7-8)16-11(18)13(5-2-6-13)10(17)15-12(16)19/h1,3-4,7H,2,5-6H2,(H,15,17,19). The summed E-state index contributed by atoms with van der Waals surface area (Å²) in [4.78, 5) is 37.2. The van der Waals surface area contributed by atoms with Gasteiger partial charge >= 0.3 is 6.03 Å². The van der Waals surface area contributed by atoms with Crippen molar-refractivity contribution in [2.75, 3.05) is 4.90 Å². The minimum absolute atomic E-state index is 0.383. The molecule has 1 heterocycles. The molecule has 1 aliphatic heterocycles. The molecule has 6 heteroatoms. The number of urea groups is 1. The van der Waals surface area contributed by atoms with Crippen LogP contribution in [-0.4, -0.2) is 17.8 Å². The maximum Gasteiger partial charge on any atom is 0.335 e. The van der Waals surface area contributed by atoms with Gasteiger partial charge in [0.2, 0.25) is 5.91 Å². The van der Waals surface area contributed by atoms with Gasteiger partial charge in [0.1, 0.15) is 5.41 Å². The molecule has 0 unspecified atom stereocenters. The lowest BCUT2D eigenvalue weighted by Crippen LogP contribution is -2.66. The number of nitrogens with one attached hydrogen (secondary N) is 1. The number of rotatable bonds is 1. The monoisotopic (exact) mass is 278 g/mol. The summed E-state index contributed by atoms with van der Waals surface area (Å²) in [6.07, 6.45) is 1.79. The Morgan fingerprint density at radius 1 is 1.21 bits per heavy atom. The van der Waals surface area contributed by atoms with E-state index in [1.807, 2.05) is 0 Å². The van der Waals surface area contributed by atoms with E-state index in [1.54, 1.807) is 18.2 Å². The van der Waals surface area contributed by atoms with E-state index in [4.69, 9.17) is 11.6 Å². The number of hydrogen-bond acceptors (Lipinski definition) is 3. The lowest BCUT2D eigenvalue weighted by Gasteiger charge is -2.44. The van der Waals surface area contributed by atoms with Gasteiger partial charge in [-0.15, -0.1) is 0 Å². The second-order valence-corrected chi connectivity index (χ2v) is 5.25. The van der Waals surface area contributed by atoms with Gasteiger partial charge in [0, 0.05) is 5.02 Å². The van der Waals surface area contributed by atoms with Crippen LogP contribution in [0.2, 0.25) is 5.02 Å². The largest absolute Gasteiger partial charge is 0.335 e. The molecule has 0 atom stereocenters. The minimum atomic E-state index is -1.06. The fraction of sp³-hybridized carbons (Fsp3) is 0.308. The smallest absolute Gasteiger partial charge is 0.276 e. The molecule has 0 radical (unpaired) electrons. The molecule has 1 aromatic carbocycles. The zero-order chi connectivity index (χ0) is 13.6. The molecule has 1 N–H and O–H groups in total. The van der Waals surface area contributed by atoms with Gasteiger partial charge in [0.15, 0.2) is 0 Å². The quantitative estimate of drug-likeness (QED) is 0.800. The van der Waals surface area contributed by atoms with Crippen LogP contribution >= 0.6 is 11.6 Å². The Morgan fingerprint density at radius 3 is 2.53 bits per heavy atom. The zero-order valence-corrected chi connectivity index (χ0v) is 10.7. The molecule has 3 rings (SSSR count). The lowest BCUT2D eigenvalue weighted by atomic mass is 9.66. The van der Waals surface area contributed by atoms with Crippen molar-refractivity contribution in [2.45, 2.75) is 19.3 Å². The average molecular weight is 279 g/mol. The van der Waals surface area contributed by atoms with Crippen molar-refractivity contribution in [1.29, 1.82) is 0 Å². The zero-order valence-electron chi connectivity index (χ0n) is 9.98. The topological polar surface area (TPSA) is 66.5 Å². The molecule has 5 nitrogen and oxygen atoms in total. The molecule has 1 aliphatic carbocycles. The molecule has 98 valence electrons. The number of carbonyl (C=O) groups is 3. The molecule has 1 saturated carbocycles. The molecule has 1 aromatic rings. The predicted molar refractivity (Wildman–Crippen MR) is 68.8 cm³/mol. The Labute approximate surface area is 114 Å². The Kier molecular flexibility index (Phi) is 2.60. The fourth-order valence-corrected chi connectivity index (χ4v) is 2.68. The predicted octanol–water partition coefficient (Wildman–Crippen LogP) is 2.09. The van der Waals surface area contributed by atoms with Crippen LogP contribution in [0.15, 0.2) is 24.3 Å². The highest BCUT2D eigenvalue weighted by molar-refractivity contribution is 6.32. The van der Waals surface area contributed by atoms with Crippen molar-refractivity contribution in [1.82, 2.24) is 5.32 Å². The first-order valence-corrected chi connectivity index (χ1v) is 6.38. The number of carbonyl (C=O) groups excluding carboxylic acids is 3. The van der Waals surface area contributed by atoms with Gasteiger partial charge in [-0.25, -0.2) is 9.69 Å². The summed E-state index contributed by atoms with van der Waals surface area (Å²) in [5.74, 6) is -0.929. The number of imide groups is 2. The van der Waals surface area contributed by atoms with Gasteiger partial charge in [-0.3, -0.25) is 14.9 Å². The third kappa shape index (κ3) is 1.65. The highest BCUT2D eigenvalue weighted by Crippen LogP contribution is 2.45. The second kappa shape index (κ2) is 4.06. The number of nitrogens with zero attached hydrogens (tertiary/aromatic N) is 1. The van der Waals surface area contributed by atoms with Crippen molar-refractivity contribution < 1.29 is 14.4 Å². The summed E-state index contributed by atoms with van der Waals surface area (Å²) in [5, 5.41) is 2.68. The Balaban J connectivity index is 2.03. The number of anilines is 1. The third-order valence-corrected chi connectivity index (χ3v) is 3.98. The molecular weight excluding hydrogens is 268 g/mol. The number of amides is 4. The van der Waals surface area contributed by atoms with Crippen LogP contribution in [0, 0.1) is 5.41 Å². The normalized spacial score (nSPS) is 21.3. The summed E-state index contributed by atoms with van der Waals surface area (Å²) in [6.45, 7) is 0. The van der Waals surface area contributed by atoms with Crippen molar-refractivity contribution in [2.24, 2.45) is 5.41 Å². The van der Waals surface area contributed by atoms with E-state index < -0.39 is 23.3 Å². The highest BCUT2D eigenvalue weighted by atomic mass is 35.5. The molecule has 2 fully saturated rings. The molecule has 1 spiro atoms. The molecule has 0 bridgehead atoms. The first kappa shape index (κ1) is 12.2. The Bertz CT molecular complexity index is 595. The SMILES string of the molecule is O=C1NC(=O)C2(CCC2)C(=O)N1c1cccc(Cl)c1. The van der Waals surface area contributed by atoms with Gasteiger partial charge in [-0.1, -0.05) is 24.1 Å². The molecule has 4 amide bonds. The Morgan fingerprint density at radius 2 is 1.95 bits per heavy atom. The van der Waals surface area contributed by atoms with Gasteiger partial charge in [-0.05, 0) is 31.0 Å². The van der Waals surface area contributed by atoms with E-state index in [-0.39, 0.29) is 0 Å². The van der Waals surface area contributed by atoms with Crippen LogP contribution in [0.3, 0.4) is 0 Å². The van der Waals surface area contributed by atoms with Gasteiger partial charge in [0.25, 0.3) is 5.91 Å². The van der Waals surface area contributed by atoms with Gasteiger partial charge < -0.3 is 0 Å². The van der Waals surface area contributed by atoms with Crippen LogP contribution in [-0.2, 0) is 9.59 Å². The van der Waals surface area contributed by atoms with Crippen LogP contribution in [0.5, 0.6) is 0 Å². The first-order chi connectivity index (χ1) is 9.04. The fourth-order valence-electron chi connectivity index (χ4n) is 2.50. The van der Waals surface area contributed by atoms with Gasteiger partial charge in [0.05, 0.1) is 5.69 Å². The summed E-state index contributed by atoms with van der Waals surface area (Å²) in [5.41, 5.74) is -0.676. The van der Waals surface area contributed by atoms with Crippen molar-refractivity contribution >= 4 is 35.1 Å². The number of hydrogen-bond donors (Lipinski definition) is 1. The summed E-state index contributed by atoms with van der Waals surface area (Å²) >= 11 is 5.87. The van der Waals surface area contributed by atoms with Crippen LogP contribution in [0.25, 0.3) is 0 Å². The average Bonchev–Trinajstić information content (AvgIpc) is 2.26. The molecule has 2 aliphatic rings. The van der Waals surface area contributed by atoms with E-state index in [1.165, 1.54) is 6.07 Å². The number of halogens is 1. The van der Waals surface area contributed by atoms with Crippen molar-refractivity contribution in [3.8, 4) is 0 Å². The Hall–Kier alpha value is -1.88. The van der Waals surface area contributed by atoms with Crippen LogP contribution < -0.4 is 10.2 Å². The van der Waals surface area contributed by atoms with Crippen molar-refractivity contribution in [3.63, 3.8) is 0 Å². The first-order valence-electron chi connectivity index (χ1n) is 6.00. The summed E-state index contributed by atoms with van der Waals surface area (Å²) < 4.78 is 0. The summed E-state index contributed by atoms with van der Waals surface area (Å²) in [6, 6.07) is 5.74. The molecule has 19 heavy (non-hydrogen) atoms. The molecule has 1 saturated heterocycles. The minimum Gasteiger partial charge on any atom is -0.276 e. The number of barbiturate groups is 1. The van der Waals surface area contributed by atoms with E-state index in [9.17, 15) is 14.4 Å². The van der Waals surface area contributed by atoms with Crippen LogP contribution in [0.4, 0.5) is 10.5 Å². The van der Waals surface area contributed by atoms with Crippen LogP contribution in [0.1, 0.15) is 19.3 Å². The maximum atomic E-state index is 12.5. The lowest BCUT2D eigenvalue weighted by molar-refractivity contribution is -0.148. The molecular formula is C13H11ClN2O3. The van der Waals surface area contributed by atoms with Crippen molar-refractivity contribution in [3.05, 3.63) is 29.3 Å².